The lowest BCUT2D eigenvalue weighted by Gasteiger charge is -2.42. The van der Waals surface area contributed by atoms with Crippen molar-refractivity contribution >= 4 is 5.97 Å². The smallest absolute Gasteiger partial charge is 0.311 e. The molecule has 2 heteroatoms. The van der Waals surface area contributed by atoms with Crippen molar-refractivity contribution in [1.29, 1.82) is 0 Å². The van der Waals surface area contributed by atoms with Gasteiger partial charge in [-0.3, -0.25) is 4.79 Å². The highest BCUT2D eigenvalue weighted by Crippen LogP contribution is 2.49. The minimum atomic E-state index is -0.186. The van der Waals surface area contributed by atoms with Gasteiger partial charge >= 0.3 is 5.97 Å². The lowest BCUT2D eigenvalue weighted by molar-refractivity contribution is -0.156. The van der Waals surface area contributed by atoms with Crippen LogP contribution in [-0.4, -0.2) is 13.1 Å². The number of carbonyl (C=O) groups excluding carboxylic acids is 1. The van der Waals surface area contributed by atoms with Crippen LogP contribution in [0, 0.1) is 17.3 Å². The van der Waals surface area contributed by atoms with Gasteiger partial charge in [0.15, 0.2) is 0 Å². The molecule has 0 N–H and O–H groups in total. The Morgan fingerprint density at radius 2 is 1.47 bits per heavy atom. The maximum absolute atomic E-state index is 12.7. The van der Waals surface area contributed by atoms with Gasteiger partial charge in [0.05, 0.1) is 12.5 Å². The van der Waals surface area contributed by atoms with Crippen molar-refractivity contribution < 1.29 is 9.53 Å². The normalized spacial score (nSPS) is 28.4. The molecule has 0 amide bonds. The molecule has 2 fully saturated rings. The summed E-state index contributed by atoms with van der Waals surface area (Å²) in [6.45, 7) is 4.51. The van der Waals surface area contributed by atoms with E-state index in [1.165, 1.54) is 89.0 Å². The third-order valence-corrected chi connectivity index (χ3v) is 8.79. The van der Waals surface area contributed by atoms with Crippen molar-refractivity contribution in [2.24, 2.45) is 17.3 Å². The second-order valence-corrected chi connectivity index (χ2v) is 10.9. The topological polar surface area (TPSA) is 26.3 Å². The van der Waals surface area contributed by atoms with Crippen molar-refractivity contribution in [2.45, 2.75) is 122 Å². The molecule has 2 nitrogen and oxygen atoms in total. The number of rotatable bonds is 11. The van der Waals surface area contributed by atoms with E-state index in [2.05, 4.69) is 38.1 Å². The molecule has 0 radical (unpaired) electrons. The number of benzene rings is 1. The van der Waals surface area contributed by atoms with Crippen molar-refractivity contribution in [3.63, 3.8) is 0 Å². The van der Waals surface area contributed by atoms with Crippen LogP contribution < -0.4 is 0 Å². The first-order chi connectivity index (χ1) is 15.6. The molecule has 2 aliphatic carbocycles. The number of ether oxygens (including phenoxy) is 1. The molecule has 1 aromatic carbocycles. The third kappa shape index (κ3) is 6.61. The van der Waals surface area contributed by atoms with Crippen LogP contribution in [0.4, 0.5) is 0 Å². The van der Waals surface area contributed by atoms with E-state index in [0.717, 1.165) is 37.0 Å². The molecule has 0 unspecified atom stereocenters. The van der Waals surface area contributed by atoms with Gasteiger partial charge in [-0.2, -0.15) is 0 Å². The number of hydrogen-bond acceptors (Lipinski definition) is 2. The average Bonchev–Trinajstić information content (AvgIpc) is 2.84. The summed E-state index contributed by atoms with van der Waals surface area (Å²) in [5.74, 6) is 2.51. The Morgan fingerprint density at radius 1 is 0.844 bits per heavy atom. The average molecular weight is 441 g/mol. The highest BCUT2D eigenvalue weighted by molar-refractivity contribution is 5.76. The van der Waals surface area contributed by atoms with Crippen molar-refractivity contribution in [2.75, 3.05) is 7.11 Å². The molecule has 0 spiro atoms. The van der Waals surface area contributed by atoms with E-state index < -0.39 is 0 Å². The lowest BCUT2D eigenvalue weighted by atomic mass is 9.62. The molecule has 2 aliphatic rings. The van der Waals surface area contributed by atoms with Crippen LogP contribution in [0.15, 0.2) is 24.3 Å². The third-order valence-electron chi connectivity index (χ3n) is 8.79. The predicted octanol–water partition coefficient (Wildman–Crippen LogP) is 8.62. The second-order valence-electron chi connectivity index (χ2n) is 10.9. The molecule has 32 heavy (non-hydrogen) atoms. The van der Waals surface area contributed by atoms with Gasteiger partial charge in [-0.15, -0.1) is 0 Å². The maximum atomic E-state index is 12.7. The number of unbranched alkanes of at least 4 members (excludes halogenated alkanes) is 4. The van der Waals surface area contributed by atoms with Gasteiger partial charge in [0.2, 0.25) is 0 Å². The summed E-state index contributed by atoms with van der Waals surface area (Å²) in [6, 6.07) is 9.48. The highest BCUT2D eigenvalue weighted by atomic mass is 16.5. The van der Waals surface area contributed by atoms with Gasteiger partial charge in [-0.05, 0) is 93.1 Å². The zero-order valence-corrected chi connectivity index (χ0v) is 21.2. The summed E-state index contributed by atoms with van der Waals surface area (Å²) in [6.07, 6.45) is 19.8. The molecule has 0 atom stereocenters. The van der Waals surface area contributed by atoms with E-state index in [4.69, 9.17) is 4.74 Å². The summed E-state index contributed by atoms with van der Waals surface area (Å²) < 4.78 is 5.30. The van der Waals surface area contributed by atoms with E-state index in [0.29, 0.717) is 0 Å². The Morgan fingerprint density at radius 3 is 2.06 bits per heavy atom. The Balaban J connectivity index is 1.47. The fraction of sp³-hybridized carbons (Fsp3) is 0.767. The predicted molar refractivity (Wildman–Crippen MR) is 135 cm³/mol. The molecule has 0 saturated heterocycles. The number of carbonyl (C=O) groups is 1. The van der Waals surface area contributed by atoms with E-state index in [1.54, 1.807) is 12.7 Å². The Labute approximate surface area is 197 Å². The first-order valence-electron chi connectivity index (χ1n) is 13.8. The molecular formula is C30H48O2. The minimum Gasteiger partial charge on any atom is -0.469 e. The SMILES string of the molecule is CCCCCCCC1(C(=O)OC)CCC(C2CCC(c3ccc(CCC)cc3)CC2)CC1. The number of methoxy groups -OCH3 is 1. The van der Waals surface area contributed by atoms with Gasteiger partial charge in [-0.1, -0.05) is 76.6 Å². The molecule has 1 aromatic rings. The number of hydrogen-bond donors (Lipinski definition) is 0. The van der Waals surface area contributed by atoms with Crippen LogP contribution in [0.25, 0.3) is 0 Å². The summed E-state index contributed by atoms with van der Waals surface area (Å²) in [7, 11) is 1.59. The fourth-order valence-electron chi connectivity index (χ4n) is 6.67. The fourth-order valence-corrected chi connectivity index (χ4v) is 6.67. The van der Waals surface area contributed by atoms with Gasteiger partial charge in [0, 0.05) is 0 Å². The van der Waals surface area contributed by atoms with Crippen LogP contribution in [0.3, 0.4) is 0 Å². The van der Waals surface area contributed by atoms with Crippen LogP contribution in [0.1, 0.15) is 127 Å². The zero-order valence-electron chi connectivity index (χ0n) is 21.2. The maximum Gasteiger partial charge on any atom is 0.311 e. The van der Waals surface area contributed by atoms with Crippen LogP contribution in [-0.2, 0) is 16.0 Å². The van der Waals surface area contributed by atoms with Gasteiger partial charge in [0.1, 0.15) is 0 Å². The van der Waals surface area contributed by atoms with Gasteiger partial charge in [-0.25, -0.2) is 0 Å². The van der Waals surface area contributed by atoms with Gasteiger partial charge < -0.3 is 4.74 Å². The second kappa shape index (κ2) is 12.8. The lowest BCUT2D eigenvalue weighted by Crippen LogP contribution is -2.38. The first-order valence-corrected chi connectivity index (χ1v) is 13.8. The van der Waals surface area contributed by atoms with E-state index in [9.17, 15) is 4.79 Å². The Kier molecular flexibility index (Phi) is 10.1. The van der Waals surface area contributed by atoms with Crippen LogP contribution in [0.5, 0.6) is 0 Å². The minimum absolute atomic E-state index is 0.0710. The largest absolute Gasteiger partial charge is 0.469 e. The molecule has 0 bridgehead atoms. The van der Waals surface area contributed by atoms with Crippen molar-refractivity contribution in [3.8, 4) is 0 Å². The Bertz CT molecular complexity index is 661. The standard InChI is InChI=1S/C30H48O2/c1-4-6-7-8-9-21-30(29(31)32-3)22-19-28(20-23-30)27-17-15-26(16-18-27)25-13-11-24(10-5-2)12-14-25/h11-14,26-28H,4-10,15-23H2,1-3H3. The molecule has 2 saturated carbocycles. The van der Waals surface area contributed by atoms with E-state index in [1.807, 2.05) is 0 Å². The number of aryl methyl sites for hydroxylation is 1. The highest BCUT2D eigenvalue weighted by Gasteiger charge is 2.43. The molecular weight excluding hydrogens is 392 g/mol. The monoisotopic (exact) mass is 440 g/mol. The molecule has 0 aliphatic heterocycles. The van der Waals surface area contributed by atoms with Crippen LogP contribution >= 0.6 is 0 Å². The van der Waals surface area contributed by atoms with E-state index >= 15 is 0 Å². The summed E-state index contributed by atoms with van der Waals surface area (Å²) in [5, 5.41) is 0. The molecule has 3 rings (SSSR count). The first kappa shape index (κ1) is 25.3. The zero-order chi connectivity index (χ0) is 22.8. The summed E-state index contributed by atoms with van der Waals surface area (Å²) >= 11 is 0. The van der Waals surface area contributed by atoms with Gasteiger partial charge in [0.25, 0.3) is 0 Å². The van der Waals surface area contributed by atoms with E-state index in [-0.39, 0.29) is 11.4 Å². The number of esters is 1. The molecule has 0 heterocycles. The molecule has 180 valence electrons. The quantitative estimate of drug-likeness (QED) is 0.254. The summed E-state index contributed by atoms with van der Waals surface area (Å²) in [4.78, 5) is 12.7. The van der Waals surface area contributed by atoms with Crippen LogP contribution in [0.2, 0.25) is 0 Å². The Hall–Kier alpha value is -1.31. The van der Waals surface area contributed by atoms with Crippen molar-refractivity contribution in [1.82, 2.24) is 0 Å². The molecule has 0 aromatic heterocycles. The summed E-state index contributed by atoms with van der Waals surface area (Å²) in [5.41, 5.74) is 2.85. The van der Waals surface area contributed by atoms with Crippen molar-refractivity contribution in [3.05, 3.63) is 35.4 Å².